The Hall–Kier alpha value is -1.25. The number of rotatable bonds is 2. The lowest BCUT2D eigenvalue weighted by Crippen LogP contribution is -2.46. The van der Waals surface area contributed by atoms with Gasteiger partial charge in [0.1, 0.15) is 0 Å². The van der Waals surface area contributed by atoms with Gasteiger partial charge in [-0.25, -0.2) is 0 Å². The van der Waals surface area contributed by atoms with Crippen molar-refractivity contribution in [2.24, 2.45) is 0 Å². The standard InChI is InChI=1S/C7H3ClF6N2O/c8-3-1-15-2-4(16-3)17-5(6(9,10)11)7(12,13)14/h1-2,5H. The smallest absolute Gasteiger partial charge is 0.434 e. The number of ether oxygens (including phenoxy) is 1. The molecule has 0 aromatic carbocycles. The van der Waals surface area contributed by atoms with Crippen molar-refractivity contribution in [3.63, 3.8) is 0 Å². The summed E-state index contributed by atoms with van der Waals surface area (Å²) in [7, 11) is 0. The SMILES string of the molecule is FC(F)(F)C(Oc1cncc(Cl)n1)C(F)(F)F. The molecule has 0 radical (unpaired) electrons. The second-order valence-electron chi connectivity index (χ2n) is 2.76. The van der Waals surface area contributed by atoms with Gasteiger partial charge in [-0.05, 0) is 0 Å². The molecule has 1 heterocycles. The van der Waals surface area contributed by atoms with Gasteiger partial charge >= 0.3 is 12.4 Å². The molecule has 0 atom stereocenters. The molecule has 0 saturated heterocycles. The van der Waals surface area contributed by atoms with Crippen molar-refractivity contribution < 1.29 is 31.1 Å². The Bertz CT molecular complexity index is 379. The van der Waals surface area contributed by atoms with Crippen LogP contribution in [0.2, 0.25) is 5.15 Å². The van der Waals surface area contributed by atoms with Crippen LogP contribution in [-0.4, -0.2) is 28.4 Å². The molecule has 96 valence electrons. The number of nitrogens with zero attached hydrogens (tertiary/aromatic N) is 2. The minimum atomic E-state index is -5.61. The van der Waals surface area contributed by atoms with Gasteiger partial charge in [0.15, 0.2) is 5.15 Å². The van der Waals surface area contributed by atoms with Crippen molar-refractivity contribution in [1.82, 2.24) is 9.97 Å². The summed E-state index contributed by atoms with van der Waals surface area (Å²) in [5.74, 6) is -0.961. The maximum Gasteiger partial charge on any atom is 0.434 e. The van der Waals surface area contributed by atoms with Gasteiger partial charge in [-0.15, -0.1) is 0 Å². The Morgan fingerprint density at radius 1 is 1.06 bits per heavy atom. The summed E-state index contributed by atoms with van der Waals surface area (Å²) in [4.78, 5) is 6.37. The number of halogens is 7. The predicted molar refractivity (Wildman–Crippen MR) is 43.6 cm³/mol. The molecule has 0 aliphatic heterocycles. The summed E-state index contributed by atoms with van der Waals surface area (Å²) in [5, 5.41) is -0.384. The van der Waals surface area contributed by atoms with E-state index < -0.39 is 24.3 Å². The first-order valence-electron chi connectivity index (χ1n) is 3.88. The number of hydrogen-bond donors (Lipinski definition) is 0. The van der Waals surface area contributed by atoms with E-state index in [1.165, 1.54) is 0 Å². The topological polar surface area (TPSA) is 35.0 Å². The molecule has 1 aromatic heterocycles. The molecule has 1 aromatic rings. The van der Waals surface area contributed by atoms with Gasteiger partial charge < -0.3 is 4.74 Å². The van der Waals surface area contributed by atoms with Crippen LogP contribution in [0.3, 0.4) is 0 Å². The van der Waals surface area contributed by atoms with E-state index >= 15 is 0 Å². The van der Waals surface area contributed by atoms with Crippen molar-refractivity contribution in [2.75, 3.05) is 0 Å². The third-order valence-electron chi connectivity index (χ3n) is 1.42. The van der Waals surface area contributed by atoms with Gasteiger partial charge in [-0.2, -0.15) is 31.3 Å². The zero-order valence-corrected chi connectivity index (χ0v) is 8.44. The Morgan fingerprint density at radius 3 is 2.00 bits per heavy atom. The highest BCUT2D eigenvalue weighted by atomic mass is 35.5. The minimum absolute atomic E-state index is 0.384. The lowest BCUT2D eigenvalue weighted by molar-refractivity contribution is -0.300. The highest BCUT2D eigenvalue weighted by Crippen LogP contribution is 2.35. The van der Waals surface area contributed by atoms with Crippen molar-refractivity contribution >= 4 is 11.6 Å². The summed E-state index contributed by atoms with van der Waals surface area (Å²) < 4.78 is 76.2. The van der Waals surface area contributed by atoms with E-state index in [0.29, 0.717) is 6.20 Å². The zero-order chi connectivity index (χ0) is 13.3. The molecule has 0 saturated carbocycles. The van der Waals surface area contributed by atoms with Crippen LogP contribution in [0, 0.1) is 0 Å². The summed E-state index contributed by atoms with van der Waals surface area (Å²) in [6, 6.07) is 0. The predicted octanol–water partition coefficient (Wildman–Crippen LogP) is 3.00. The average molecular weight is 281 g/mol. The second kappa shape index (κ2) is 4.55. The van der Waals surface area contributed by atoms with Crippen LogP contribution < -0.4 is 4.74 Å². The molecule has 10 heteroatoms. The van der Waals surface area contributed by atoms with Crippen molar-refractivity contribution in [2.45, 2.75) is 18.5 Å². The van der Waals surface area contributed by atoms with Gasteiger partial charge in [0.2, 0.25) is 5.88 Å². The maximum atomic E-state index is 12.1. The fourth-order valence-corrected chi connectivity index (χ4v) is 0.962. The maximum absolute atomic E-state index is 12.1. The van der Waals surface area contributed by atoms with Gasteiger partial charge in [-0.3, -0.25) is 4.98 Å². The summed E-state index contributed by atoms with van der Waals surface area (Å²) >= 11 is 5.24. The van der Waals surface area contributed by atoms with Gasteiger partial charge in [0.05, 0.1) is 12.4 Å². The van der Waals surface area contributed by atoms with Crippen LogP contribution in [0.1, 0.15) is 0 Å². The third-order valence-corrected chi connectivity index (χ3v) is 1.60. The first-order valence-corrected chi connectivity index (χ1v) is 4.26. The first-order chi connectivity index (χ1) is 7.60. The quantitative estimate of drug-likeness (QED) is 0.781. The molecule has 0 N–H and O–H groups in total. The van der Waals surface area contributed by atoms with E-state index in [1.807, 2.05) is 0 Å². The van der Waals surface area contributed by atoms with Crippen LogP contribution in [0.5, 0.6) is 5.88 Å². The van der Waals surface area contributed by atoms with Gasteiger partial charge in [0, 0.05) is 0 Å². The molecule has 3 nitrogen and oxygen atoms in total. The number of alkyl halides is 6. The van der Waals surface area contributed by atoms with E-state index in [9.17, 15) is 26.3 Å². The fraction of sp³-hybridized carbons (Fsp3) is 0.429. The summed E-state index contributed by atoms with van der Waals surface area (Å²) in [5.41, 5.74) is 0. The third kappa shape index (κ3) is 3.91. The van der Waals surface area contributed by atoms with Crippen molar-refractivity contribution in [3.05, 3.63) is 17.5 Å². The minimum Gasteiger partial charge on any atom is -0.454 e. The molecule has 0 aliphatic rings. The molecule has 0 fully saturated rings. The molecule has 0 bridgehead atoms. The van der Waals surface area contributed by atoms with E-state index in [4.69, 9.17) is 11.6 Å². The normalized spacial score (nSPS) is 12.9. The molecule has 1 rings (SSSR count). The number of aromatic nitrogens is 2. The lowest BCUT2D eigenvalue weighted by atomic mass is 10.3. The molecule has 0 spiro atoms. The lowest BCUT2D eigenvalue weighted by Gasteiger charge is -2.22. The number of hydrogen-bond acceptors (Lipinski definition) is 3. The average Bonchev–Trinajstić information content (AvgIpc) is 2.10. The van der Waals surface area contributed by atoms with Gasteiger partial charge in [-0.1, -0.05) is 11.6 Å². The molecule has 0 unspecified atom stereocenters. The highest BCUT2D eigenvalue weighted by Gasteiger charge is 2.59. The Labute approximate surface area is 95.4 Å². The van der Waals surface area contributed by atoms with Crippen molar-refractivity contribution in [3.8, 4) is 5.88 Å². The van der Waals surface area contributed by atoms with Crippen LogP contribution in [0.15, 0.2) is 12.4 Å². The monoisotopic (exact) mass is 280 g/mol. The Balaban J connectivity index is 2.96. The fourth-order valence-electron chi connectivity index (χ4n) is 0.822. The Morgan fingerprint density at radius 2 is 1.59 bits per heavy atom. The largest absolute Gasteiger partial charge is 0.454 e. The second-order valence-corrected chi connectivity index (χ2v) is 3.15. The van der Waals surface area contributed by atoms with Crippen LogP contribution in [0.25, 0.3) is 0 Å². The molecule has 17 heavy (non-hydrogen) atoms. The summed E-state index contributed by atoms with van der Waals surface area (Å²) in [6.45, 7) is 0. The van der Waals surface area contributed by atoms with E-state index in [1.54, 1.807) is 0 Å². The molecule has 0 aliphatic carbocycles. The zero-order valence-electron chi connectivity index (χ0n) is 7.68. The summed E-state index contributed by atoms with van der Waals surface area (Å²) in [6.07, 6.45) is -13.7. The molecular weight excluding hydrogens is 278 g/mol. The molecular formula is C7H3ClF6N2O. The van der Waals surface area contributed by atoms with Crippen LogP contribution in [0.4, 0.5) is 26.3 Å². The Kier molecular flexibility index (Phi) is 3.70. The molecule has 0 amide bonds. The van der Waals surface area contributed by atoms with E-state index in [-0.39, 0.29) is 5.15 Å². The van der Waals surface area contributed by atoms with E-state index in [2.05, 4.69) is 14.7 Å². The first kappa shape index (κ1) is 13.8. The van der Waals surface area contributed by atoms with E-state index in [0.717, 1.165) is 6.20 Å². The highest BCUT2D eigenvalue weighted by molar-refractivity contribution is 6.29. The van der Waals surface area contributed by atoms with Gasteiger partial charge in [0.25, 0.3) is 6.10 Å². The van der Waals surface area contributed by atoms with Crippen LogP contribution >= 0.6 is 11.6 Å². The van der Waals surface area contributed by atoms with Crippen molar-refractivity contribution in [1.29, 1.82) is 0 Å². The van der Waals surface area contributed by atoms with Crippen LogP contribution in [-0.2, 0) is 0 Å².